The fraction of sp³-hybridized carbons (Fsp3) is 0.417. The van der Waals surface area contributed by atoms with Gasteiger partial charge in [0.05, 0.1) is 5.56 Å². The molecule has 18 heavy (non-hydrogen) atoms. The summed E-state index contributed by atoms with van der Waals surface area (Å²) in [5, 5.41) is 17.7. The van der Waals surface area contributed by atoms with E-state index < -0.39 is 6.09 Å². The number of carboxylic acid groups (broad SMARTS) is 1. The lowest BCUT2D eigenvalue weighted by Crippen LogP contribution is -2.53. The Morgan fingerprint density at radius 3 is 2.83 bits per heavy atom. The van der Waals surface area contributed by atoms with Crippen LogP contribution in [-0.4, -0.2) is 46.8 Å². The van der Waals surface area contributed by atoms with E-state index in [1.807, 2.05) is 17.9 Å². The van der Waals surface area contributed by atoms with Crippen LogP contribution in [0.4, 0.5) is 10.6 Å². The molecule has 0 radical (unpaired) electrons. The molecular formula is C12H14N4O2. The molecule has 1 saturated heterocycles. The van der Waals surface area contributed by atoms with Gasteiger partial charge in [-0.25, -0.2) is 9.78 Å². The predicted octanol–water partition coefficient (Wildman–Crippen LogP) is 1.14. The number of amides is 1. The second-order valence-corrected chi connectivity index (χ2v) is 4.29. The molecule has 2 heterocycles. The van der Waals surface area contributed by atoms with Crippen molar-refractivity contribution in [2.45, 2.75) is 13.0 Å². The van der Waals surface area contributed by atoms with Gasteiger partial charge in [0.2, 0.25) is 0 Å². The maximum atomic E-state index is 10.9. The molecular weight excluding hydrogens is 232 g/mol. The summed E-state index contributed by atoms with van der Waals surface area (Å²) in [6.07, 6.45) is 0.652. The highest BCUT2D eigenvalue weighted by Gasteiger charge is 2.27. The fourth-order valence-electron chi connectivity index (χ4n) is 2.09. The van der Waals surface area contributed by atoms with E-state index in [4.69, 9.17) is 10.4 Å². The number of piperazine rings is 1. The molecule has 0 aromatic carbocycles. The monoisotopic (exact) mass is 246 g/mol. The largest absolute Gasteiger partial charge is 0.465 e. The van der Waals surface area contributed by atoms with E-state index in [1.165, 1.54) is 11.1 Å². The SMILES string of the molecule is CC1CN(c2ccc(C#N)cn2)CCN1C(=O)O. The van der Waals surface area contributed by atoms with Crippen LogP contribution in [0.15, 0.2) is 18.3 Å². The molecule has 0 saturated carbocycles. The Balaban J connectivity index is 2.08. The van der Waals surface area contributed by atoms with E-state index in [9.17, 15) is 4.79 Å². The molecule has 1 amide bonds. The second kappa shape index (κ2) is 4.92. The second-order valence-electron chi connectivity index (χ2n) is 4.29. The Hall–Kier alpha value is -2.29. The first-order chi connectivity index (χ1) is 8.61. The van der Waals surface area contributed by atoms with E-state index >= 15 is 0 Å². The Morgan fingerprint density at radius 2 is 2.33 bits per heavy atom. The standard InChI is InChI=1S/C12H14N4O2/c1-9-8-15(4-5-16(9)12(17)18)11-3-2-10(6-13)7-14-11/h2-3,7,9H,4-5,8H2,1H3,(H,17,18). The van der Waals surface area contributed by atoms with Crippen molar-refractivity contribution in [1.82, 2.24) is 9.88 Å². The molecule has 6 nitrogen and oxygen atoms in total. The Morgan fingerprint density at radius 1 is 1.56 bits per heavy atom. The van der Waals surface area contributed by atoms with Crippen molar-refractivity contribution >= 4 is 11.9 Å². The molecule has 1 aromatic rings. The van der Waals surface area contributed by atoms with E-state index in [1.54, 1.807) is 12.1 Å². The number of nitrogens with zero attached hydrogens (tertiary/aromatic N) is 4. The number of anilines is 1. The van der Waals surface area contributed by atoms with Gasteiger partial charge < -0.3 is 14.9 Å². The number of carbonyl (C=O) groups is 1. The van der Waals surface area contributed by atoms with Gasteiger partial charge in [0.1, 0.15) is 11.9 Å². The summed E-state index contributed by atoms with van der Waals surface area (Å²) in [5.74, 6) is 0.783. The first-order valence-electron chi connectivity index (χ1n) is 5.72. The molecule has 1 aliphatic heterocycles. The number of pyridine rings is 1. The number of rotatable bonds is 1. The third kappa shape index (κ3) is 2.35. The van der Waals surface area contributed by atoms with Crippen molar-refractivity contribution in [3.63, 3.8) is 0 Å². The minimum absolute atomic E-state index is 0.0614. The summed E-state index contributed by atoms with van der Waals surface area (Å²) < 4.78 is 0. The van der Waals surface area contributed by atoms with Crippen LogP contribution >= 0.6 is 0 Å². The summed E-state index contributed by atoms with van der Waals surface area (Å²) in [7, 11) is 0. The van der Waals surface area contributed by atoms with Gasteiger partial charge in [-0.05, 0) is 19.1 Å². The van der Waals surface area contributed by atoms with Gasteiger partial charge in [-0.15, -0.1) is 0 Å². The highest BCUT2D eigenvalue weighted by molar-refractivity contribution is 5.66. The van der Waals surface area contributed by atoms with Crippen molar-refractivity contribution in [1.29, 1.82) is 5.26 Å². The molecule has 1 aromatic heterocycles. The van der Waals surface area contributed by atoms with Crippen LogP contribution in [0.3, 0.4) is 0 Å². The highest BCUT2D eigenvalue weighted by Crippen LogP contribution is 2.17. The number of hydrogen-bond acceptors (Lipinski definition) is 4. The smallest absolute Gasteiger partial charge is 0.407 e. The molecule has 0 aliphatic carbocycles. The van der Waals surface area contributed by atoms with Gasteiger partial charge in [0.25, 0.3) is 0 Å². The molecule has 6 heteroatoms. The highest BCUT2D eigenvalue weighted by atomic mass is 16.4. The van der Waals surface area contributed by atoms with Crippen LogP contribution in [0, 0.1) is 11.3 Å². The van der Waals surface area contributed by atoms with Crippen LogP contribution in [0.2, 0.25) is 0 Å². The quantitative estimate of drug-likeness (QED) is 0.803. The van der Waals surface area contributed by atoms with E-state index in [0.29, 0.717) is 25.2 Å². The molecule has 94 valence electrons. The summed E-state index contributed by atoms with van der Waals surface area (Å²) in [5.41, 5.74) is 0.524. The zero-order valence-corrected chi connectivity index (χ0v) is 10.1. The zero-order valence-electron chi connectivity index (χ0n) is 10.1. The van der Waals surface area contributed by atoms with Crippen LogP contribution in [0.1, 0.15) is 12.5 Å². The summed E-state index contributed by atoms with van der Waals surface area (Å²) in [6, 6.07) is 5.47. The van der Waals surface area contributed by atoms with Gasteiger partial charge >= 0.3 is 6.09 Å². The first kappa shape index (κ1) is 12.2. The van der Waals surface area contributed by atoms with Gasteiger partial charge in [-0.1, -0.05) is 0 Å². The number of nitriles is 1. The zero-order chi connectivity index (χ0) is 13.1. The van der Waals surface area contributed by atoms with E-state index in [2.05, 4.69) is 4.98 Å². The molecule has 2 rings (SSSR count). The molecule has 1 unspecified atom stereocenters. The van der Waals surface area contributed by atoms with Crippen LogP contribution in [0.5, 0.6) is 0 Å². The van der Waals surface area contributed by atoms with Gasteiger partial charge in [0, 0.05) is 31.9 Å². The third-order valence-electron chi connectivity index (χ3n) is 3.07. The Labute approximate surface area is 105 Å². The number of hydrogen-bond donors (Lipinski definition) is 1. The van der Waals surface area contributed by atoms with Crippen LogP contribution in [-0.2, 0) is 0 Å². The first-order valence-corrected chi connectivity index (χ1v) is 5.72. The lowest BCUT2D eigenvalue weighted by molar-refractivity contribution is 0.122. The molecule has 1 N–H and O–H groups in total. The van der Waals surface area contributed by atoms with Gasteiger partial charge in [-0.2, -0.15) is 5.26 Å². The minimum atomic E-state index is -0.880. The lowest BCUT2D eigenvalue weighted by Gasteiger charge is -2.38. The van der Waals surface area contributed by atoms with Crippen LogP contribution in [0.25, 0.3) is 0 Å². The maximum Gasteiger partial charge on any atom is 0.407 e. The topological polar surface area (TPSA) is 80.5 Å². The molecule has 0 spiro atoms. The van der Waals surface area contributed by atoms with E-state index in [-0.39, 0.29) is 6.04 Å². The maximum absolute atomic E-state index is 10.9. The van der Waals surface area contributed by atoms with Crippen molar-refractivity contribution in [2.24, 2.45) is 0 Å². The van der Waals surface area contributed by atoms with Crippen molar-refractivity contribution < 1.29 is 9.90 Å². The molecule has 1 aliphatic rings. The predicted molar refractivity (Wildman–Crippen MR) is 65.4 cm³/mol. The third-order valence-corrected chi connectivity index (χ3v) is 3.07. The Bertz CT molecular complexity index is 480. The summed E-state index contributed by atoms with van der Waals surface area (Å²) in [4.78, 5) is 18.6. The number of aromatic nitrogens is 1. The fourth-order valence-corrected chi connectivity index (χ4v) is 2.09. The average molecular weight is 246 g/mol. The summed E-state index contributed by atoms with van der Waals surface area (Å²) in [6.45, 7) is 3.59. The molecule has 0 bridgehead atoms. The normalized spacial score (nSPS) is 19.4. The van der Waals surface area contributed by atoms with Crippen molar-refractivity contribution in [3.05, 3.63) is 23.9 Å². The van der Waals surface area contributed by atoms with Gasteiger partial charge in [-0.3, -0.25) is 0 Å². The lowest BCUT2D eigenvalue weighted by atomic mass is 10.2. The Kier molecular flexibility index (Phi) is 3.33. The molecule has 1 atom stereocenters. The minimum Gasteiger partial charge on any atom is -0.465 e. The van der Waals surface area contributed by atoms with Crippen LogP contribution < -0.4 is 4.90 Å². The molecule has 1 fully saturated rings. The van der Waals surface area contributed by atoms with Crippen molar-refractivity contribution in [3.8, 4) is 6.07 Å². The average Bonchev–Trinajstić information content (AvgIpc) is 2.38. The van der Waals surface area contributed by atoms with Crippen molar-refractivity contribution in [2.75, 3.05) is 24.5 Å². The van der Waals surface area contributed by atoms with Gasteiger partial charge in [0.15, 0.2) is 0 Å². The summed E-state index contributed by atoms with van der Waals surface area (Å²) >= 11 is 0. The van der Waals surface area contributed by atoms with E-state index in [0.717, 1.165) is 5.82 Å².